The van der Waals surface area contributed by atoms with Crippen molar-refractivity contribution in [2.24, 2.45) is 56.7 Å². The minimum absolute atomic E-state index is 0.0203. The molecule has 0 aromatic rings. The number of fused-ring (bicyclic) bond motifs is 7. The smallest absolute Gasteiger partial charge is 0.312 e. The van der Waals surface area contributed by atoms with Gasteiger partial charge in [-0.25, -0.2) is 0 Å². The summed E-state index contributed by atoms with van der Waals surface area (Å²) in [6.07, 6.45) is 1.92. The lowest BCUT2D eigenvalue weighted by Crippen LogP contribution is -2.67. The second kappa shape index (κ2) is 10.7. The number of aliphatic hydroxyl groups is 5. The molecule has 6 fully saturated rings. The van der Waals surface area contributed by atoms with E-state index in [0.717, 1.165) is 56.9 Å². The fourth-order valence-electron chi connectivity index (χ4n) is 12.9. The number of rotatable bonds is 4. The summed E-state index contributed by atoms with van der Waals surface area (Å²) in [6, 6.07) is 0. The van der Waals surface area contributed by atoms with Crippen LogP contribution in [0.1, 0.15) is 106 Å². The van der Waals surface area contributed by atoms with E-state index in [2.05, 4.69) is 48.1 Å². The van der Waals surface area contributed by atoms with Gasteiger partial charge in [-0.3, -0.25) is 4.79 Å². The molecule has 1 saturated heterocycles. The zero-order valence-electron chi connectivity index (χ0n) is 27.8. The zero-order chi connectivity index (χ0) is 32.2. The minimum Gasteiger partial charge on any atom is -0.456 e. The molecule has 0 aromatic carbocycles. The van der Waals surface area contributed by atoms with E-state index in [0.29, 0.717) is 30.6 Å². The first-order valence-electron chi connectivity index (χ1n) is 17.3. The summed E-state index contributed by atoms with van der Waals surface area (Å²) in [6.45, 7) is 18.0. The van der Waals surface area contributed by atoms with Crippen LogP contribution in [0.4, 0.5) is 0 Å². The molecule has 6 aliphatic rings. The van der Waals surface area contributed by atoms with Crippen molar-refractivity contribution in [3.8, 4) is 0 Å². The fourth-order valence-corrected chi connectivity index (χ4v) is 12.9. The monoisotopic (exact) mass is 618 g/mol. The Morgan fingerprint density at radius 1 is 0.841 bits per heavy atom. The first-order chi connectivity index (χ1) is 20.5. The lowest BCUT2D eigenvalue weighted by Gasteiger charge is -2.72. The van der Waals surface area contributed by atoms with Crippen molar-refractivity contribution in [2.75, 3.05) is 6.61 Å². The van der Waals surface area contributed by atoms with Gasteiger partial charge >= 0.3 is 5.97 Å². The van der Waals surface area contributed by atoms with Crippen molar-refractivity contribution in [1.29, 1.82) is 0 Å². The summed E-state index contributed by atoms with van der Waals surface area (Å²) in [5.41, 5.74) is 0.528. The van der Waals surface area contributed by atoms with Crippen LogP contribution in [0.3, 0.4) is 0 Å². The maximum absolute atomic E-state index is 14.4. The van der Waals surface area contributed by atoms with Crippen LogP contribution in [-0.4, -0.2) is 74.9 Å². The first kappa shape index (κ1) is 32.9. The third-order valence-corrected chi connectivity index (χ3v) is 15.5. The van der Waals surface area contributed by atoms with E-state index in [-0.39, 0.29) is 39.6 Å². The molecule has 250 valence electrons. The molecule has 44 heavy (non-hydrogen) atoms. The average molecular weight is 619 g/mol. The van der Waals surface area contributed by atoms with E-state index >= 15 is 0 Å². The molecule has 0 spiro atoms. The maximum atomic E-state index is 14.4. The number of carbonyl (C=O) groups excluding carboxylic acids is 1. The molecule has 15 atom stereocenters. The first-order valence-corrected chi connectivity index (χ1v) is 17.3. The third-order valence-electron chi connectivity index (χ3n) is 15.5. The van der Waals surface area contributed by atoms with Crippen LogP contribution in [-0.2, 0) is 14.3 Å². The highest BCUT2D eigenvalue weighted by Gasteiger charge is 2.72. The summed E-state index contributed by atoms with van der Waals surface area (Å²) in [4.78, 5) is 14.4. The topological polar surface area (TPSA) is 137 Å². The van der Waals surface area contributed by atoms with Gasteiger partial charge in [0.25, 0.3) is 0 Å². The molecule has 0 bridgehead atoms. The van der Waals surface area contributed by atoms with Crippen molar-refractivity contribution >= 4 is 5.97 Å². The predicted molar refractivity (Wildman–Crippen MR) is 165 cm³/mol. The van der Waals surface area contributed by atoms with Crippen LogP contribution in [0.5, 0.6) is 0 Å². The van der Waals surface area contributed by atoms with E-state index in [1.165, 1.54) is 0 Å². The van der Waals surface area contributed by atoms with Gasteiger partial charge in [-0.2, -0.15) is 0 Å². The SMILES string of the molecule is C=C(C)[C@@H]1CC[C@]2(C(=O)O[C@@H]3[C@@H](O)[C@H](O)O[C@H](CO)[C@H]3O)CC[C@]3(C)[C@H](CC[C@@H]4[C@@]5(C)CC[C@H](O)C(C)(C)[C@@H]5CC[C@]43C)[C@@H]12. The number of carbonyl (C=O) groups is 1. The Bertz CT molecular complexity index is 1150. The Morgan fingerprint density at radius 2 is 1.55 bits per heavy atom. The standard InChI is InChI=1S/C36H58O8/c1-19(2)20-10-15-36(31(42)44-29-27(39)22(18-37)43-30(41)28(29)40)17-16-34(6)21(26(20)36)8-9-24-33(5)13-12-25(38)32(3,4)23(33)11-14-35(24,34)7/h20-30,37-41H,1,8-18H2,2-7H3/t20-,21+,22+,23-,24+,25-,26+,27+,28+,29-,30+,33-,34+,35+,36-/m0/s1. The van der Waals surface area contributed by atoms with Gasteiger partial charge in [0.15, 0.2) is 12.4 Å². The van der Waals surface area contributed by atoms with Gasteiger partial charge in [0.2, 0.25) is 0 Å². The molecular weight excluding hydrogens is 560 g/mol. The highest BCUT2D eigenvalue weighted by Crippen LogP contribution is 2.77. The molecule has 5 saturated carbocycles. The molecule has 0 unspecified atom stereocenters. The van der Waals surface area contributed by atoms with Crippen LogP contribution in [0.2, 0.25) is 0 Å². The third kappa shape index (κ3) is 4.26. The van der Waals surface area contributed by atoms with Crippen LogP contribution >= 0.6 is 0 Å². The summed E-state index contributed by atoms with van der Waals surface area (Å²) in [7, 11) is 0. The second-order valence-electron chi connectivity index (χ2n) is 17.3. The summed E-state index contributed by atoms with van der Waals surface area (Å²) < 4.78 is 11.2. The van der Waals surface area contributed by atoms with E-state index < -0.39 is 48.7 Å². The van der Waals surface area contributed by atoms with Crippen LogP contribution in [0, 0.1) is 56.7 Å². The fraction of sp³-hybridized carbons (Fsp3) is 0.917. The molecule has 5 aliphatic carbocycles. The van der Waals surface area contributed by atoms with Crippen LogP contribution in [0.25, 0.3) is 0 Å². The maximum Gasteiger partial charge on any atom is 0.312 e. The number of allylic oxidation sites excluding steroid dienone is 1. The Hall–Kier alpha value is -1.03. The van der Waals surface area contributed by atoms with Gasteiger partial charge in [-0.15, -0.1) is 0 Å². The normalized spacial score (nSPS) is 54.8. The van der Waals surface area contributed by atoms with Gasteiger partial charge in [0.05, 0.1) is 18.1 Å². The highest BCUT2D eigenvalue weighted by molar-refractivity contribution is 5.78. The van der Waals surface area contributed by atoms with Crippen molar-refractivity contribution in [3.63, 3.8) is 0 Å². The lowest BCUT2D eigenvalue weighted by molar-refractivity contribution is -0.293. The quantitative estimate of drug-likeness (QED) is 0.232. The van der Waals surface area contributed by atoms with Crippen molar-refractivity contribution in [1.82, 2.24) is 0 Å². The number of hydrogen-bond donors (Lipinski definition) is 5. The molecule has 6 rings (SSSR count). The Kier molecular flexibility index (Phi) is 8.03. The van der Waals surface area contributed by atoms with Crippen molar-refractivity contribution in [3.05, 3.63) is 12.2 Å². The van der Waals surface area contributed by atoms with E-state index in [9.17, 15) is 30.3 Å². The van der Waals surface area contributed by atoms with Gasteiger partial charge in [-0.1, -0.05) is 46.8 Å². The average Bonchev–Trinajstić information content (AvgIpc) is 3.37. The Morgan fingerprint density at radius 3 is 2.20 bits per heavy atom. The van der Waals surface area contributed by atoms with E-state index in [4.69, 9.17) is 9.47 Å². The molecule has 8 heteroatoms. The summed E-state index contributed by atoms with van der Waals surface area (Å²) >= 11 is 0. The molecule has 0 amide bonds. The van der Waals surface area contributed by atoms with Crippen LogP contribution in [0.15, 0.2) is 12.2 Å². The van der Waals surface area contributed by atoms with Gasteiger partial charge < -0.3 is 35.0 Å². The Balaban J connectivity index is 1.34. The van der Waals surface area contributed by atoms with E-state index in [1.807, 2.05) is 0 Å². The number of esters is 1. The van der Waals surface area contributed by atoms with E-state index in [1.54, 1.807) is 0 Å². The molecule has 1 aliphatic heterocycles. The molecule has 0 aromatic heterocycles. The van der Waals surface area contributed by atoms with Gasteiger partial charge in [-0.05, 0) is 122 Å². The molecule has 5 N–H and O–H groups in total. The van der Waals surface area contributed by atoms with Crippen molar-refractivity contribution < 1.29 is 39.8 Å². The molecule has 1 heterocycles. The number of aliphatic hydroxyl groups excluding tert-OH is 5. The minimum atomic E-state index is -1.67. The number of ether oxygens (including phenoxy) is 2. The largest absolute Gasteiger partial charge is 0.456 e. The highest BCUT2D eigenvalue weighted by atomic mass is 16.7. The Labute approximate surface area is 263 Å². The van der Waals surface area contributed by atoms with Crippen LogP contribution < -0.4 is 0 Å². The van der Waals surface area contributed by atoms with Gasteiger partial charge in [0, 0.05) is 0 Å². The molecular formula is C36H58O8. The predicted octanol–water partition coefficient (Wildman–Crippen LogP) is 4.35. The zero-order valence-corrected chi connectivity index (χ0v) is 27.8. The lowest BCUT2D eigenvalue weighted by atomic mass is 9.32. The molecule has 0 radical (unpaired) electrons. The molecule has 8 nitrogen and oxygen atoms in total. The number of hydrogen-bond acceptors (Lipinski definition) is 8. The van der Waals surface area contributed by atoms with Gasteiger partial charge in [0.1, 0.15) is 18.3 Å². The summed E-state index contributed by atoms with van der Waals surface area (Å²) in [5.74, 6) is 1.16. The second-order valence-corrected chi connectivity index (χ2v) is 17.3. The summed E-state index contributed by atoms with van der Waals surface area (Å²) in [5, 5.41) is 52.5. The van der Waals surface area contributed by atoms with Crippen molar-refractivity contribution in [2.45, 2.75) is 143 Å².